The number of amides is 2. The number of urea groups is 1. The highest BCUT2D eigenvalue weighted by Gasteiger charge is 2.25. The molecule has 1 heterocycles. The fourth-order valence-corrected chi connectivity index (χ4v) is 2.01. The second kappa shape index (κ2) is 4.96. The van der Waals surface area contributed by atoms with Crippen LogP contribution in [0.25, 0.3) is 0 Å². The topological polar surface area (TPSA) is 56.6 Å². The molecule has 94 valence electrons. The summed E-state index contributed by atoms with van der Waals surface area (Å²) >= 11 is 0. The summed E-state index contributed by atoms with van der Waals surface area (Å²) in [6.07, 6.45) is 0. The van der Waals surface area contributed by atoms with Gasteiger partial charge in [0.15, 0.2) is 0 Å². The summed E-state index contributed by atoms with van der Waals surface area (Å²) in [5.74, 6) is 0.561. The molecule has 0 bridgehead atoms. The van der Waals surface area contributed by atoms with E-state index in [0.717, 1.165) is 18.7 Å². The molecule has 0 atom stereocenters. The van der Waals surface area contributed by atoms with Gasteiger partial charge in [-0.05, 0) is 17.7 Å². The van der Waals surface area contributed by atoms with Gasteiger partial charge in [-0.25, -0.2) is 4.79 Å². The van der Waals surface area contributed by atoms with Gasteiger partial charge in [-0.3, -0.25) is 0 Å². The number of carbonyl (C=O) groups excluding carboxylic acids is 1. The average molecular weight is 245 g/mol. The minimum atomic E-state index is 0.0318. The molecular weight excluding hydrogens is 230 g/mol. The van der Waals surface area contributed by atoms with Gasteiger partial charge in [0.05, 0.1) is 12.7 Å². The molecule has 0 N–H and O–H groups in total. The first-order valence-corrected chi connectivity index (χ1v) is 5.72. The van der Waals surface area contributed by atoms with Crippen molar-refractivity contribution in [1.29, 1.82) is 5.26 Å². The highest BCUT2D eigenvalue weighted by atomic mass is 16.5. The Morgan fingerprint density at radius 1 is 1.44 bits per heavy atom. The molecule has 18 heavy (non-hydrogen) atoms. The SMILES string of the molecule is COc1ccc(CN2CCN(C)C2=O)cc1C#N. The lowest BCUT2D eigenvalue weighted by Crippen LogP contribution is -2.28. The zero-order valence-electron chi connectivity index (χ0n) is 10.5. The van der Waals surface area contributed by atoms with E-state index in [4.69, 9.17) is 10.00 Å². The molecule has 0 unspecified atom stereocenters. The van der Waals surface area contributed by atoms with E-state index in [9.17, 15) is 4.79 Å². The average Bonchev–Trinajstić information content (AvgIpc) is 2.70. The van der Waals surface area contributed by atoms with Gasteiger partial charge in [0.1, 0.15) is 11.8 Å². The molecular formula is C13H15N3O2. The van der Waals surface area contributed by atoms with Gasteiger partial charge in [-0.2, -0.15) is 5.26 Å². The third-order valence-electron chi connectivity index (χ3n) is 3.06. The van der Waals surface area contributed by atoms with E-state index in [1.807, 2.05) is 6.07 Å². The number of nitrogens with zero attached hydrogens (tertiary/aromatic N) is 3. The van der Waals surface area contributed by atoms with Crippen molar-refractivity contribution >= 4 is 6.03 Å². The zero-order chi connectivity index (χ0) is 13.1. The van der Waals surface area contributed by atoms with Gasteiger partial charge < -0.3 is 14.5 Å². The molecule has 1 fully saturated rings. The Bertz CT molecular complexity index is 507. The Morgan fingerprint density at radius 3 is 2.78 bits per heavy atom. The summed E-state index contributed by atoms with van der Waals surface area (Å²) in [6.45, 7) is 2.01. The molecule has 5 nitrogen and oxygen atoms in total. The van der Waals surface area contributed by atoms with Gasteiger partial charge in [0.2, 0.25) is 0 Å². The summed E-state index contributed by atoms with van der Waals surface area (Å²) in [5.41, 5.74) is 1.44. The molecule has 1 saturated heterocycles. The zero-order valence-corrected chi connectivity index (χ0v) is 10.5. The molecule has 2 rings (SSSR count). The lowest BCUT2D eigenvalue weighted by molar-refractivity contribution is 0.197. The number of nitriles is 1. The first kappa shape index (κ1) is 12.2. The maximum Gasteiger partial charge on any atom is 0.320 e. The summed E-state index contributed by atoms with van der Waals surface area (Å²) in [6, 6.07) is 7.54. The smallest absolute Gasteiger partial charge is 0.320 e. The third kappa shape index (κ3) is 2.23. The Kier molecular flexibility index (Phi) is 3.38. The molecule has 0 radical (unpaired) electrons. The van der Waals surface area contributed by atoms with E-state index in [0.29, 0.717) is 17.9 Å². The van der Waals surface area contributed by atoms with Crippen molar-refractivity contribution < 1.29 is 9.53 Å². The summed E-state index contributed by atoms with van der Waals surface area (Å²) in [4.78, 5) is 15.2. The molecule has 0 aliphatic carbocycles. The first-order chi connectivity index (χ1) is 8.65. The highest BCUT2D eigenvalue weighted by Crippen LogP contribution is 2.20. The lowest BCUT2D eigenvalue weighted by Gasteiger charge is -2.16. The standard InChI is InChI=1S/C13H15N3O2/c1-15-5-6-16(13(15)17)9-10-3-4-12(18-2)11(7-10)8-14/h3-4,7H,5-6,9H2,1-2H3. The lowest BCUT2D eigenvalue weighted by atomic mass is 10.1. The highest BCUT2D eigenvalue weighted by molar-refractivity contribution is 5.76. The summed E-state index contributed by atoms with van der Waals surface area (Å²) in [7, 11) is 3.33. The van der Waals surface area contributed by atoms with Gasteiger partial charge in [0, 0.05) is 26.7 Å². The van der Waals surface area contributed by atoms with Gasteiger partial charge in [-0.1, -0.05) is 6.07 Å². The minimum Gasteiger partial charge on any atom is -0.495 e. The van der Waals surface area contributed by atoms with Crippen molar-refractivity contribution in [3.8, 4) is 11.8 Å². The number of carbonyl (C=O) groups is 1. The molecule has 2 amide bonds. The number of rotatable bonds is 3. The number of likely N-dealkylation sites (N-methyl/N-ethyl adjacent to an activating group) is 1. The van der Waals surface area contributed by atoms with Crippen LogP contribution in [0.2, 0.25) is 0 Å². The van der Waals surface area contributed by atoms with Crippen LogP contribution in [0.4, 0.5) is 4.79 Å². The van der Waals surface area contributed by atoms with E-state index in [2.05, 4.69) is 6.07 Å². The first-order valence-electron chi connectivity index (χ1n) is 5.72. The molecule has 1 aromatic carbocycles. The van der Waals surface area contributed by atoms with Gasteiger partial charge >= 0.3 is 6.03 Å². The van der Waals surface area contributed by atoms with Crippen LogP contribution in [-0.4, -0.2) is 43.1 Å². The van der Waals surface area contributed by atoms with E-state index < -0.39 is 0 Å². The van der Waals surface area contributed by atoms with Crippen molar-refractivity contribution in [3.05, 3.63) is 29.3 Å². The third-order valence-corrected chi connectivity index (χ3v) is 3.06. The summed E-state index contributed by atoms with van der Waals surface area (Å²) in [5, 5.41) is 9.01. The van der Waals surface area contributed by atoms with Crippen molar-refractivity contribution in [2.45, 2.75) is 6.54 Å². The fraction of sp³-hybridized carbons (Fsp3) is 0.385. The minimum absolute atomic E-state index is 0.0318. The van der Waals surface area contributed by atoms with Crippen LogP contribution >= 0.6 is 0 Å². The van der Waals surface area contributed by atoms with Crippen LogP contribution in [0.3, 0.4) is 0 Å². The Balaban J connectivity index is 2.16. The quantitative estimate of drug-likeness (QED) is 0.809. The van der Waals surface area contributed by atoms with Crippen LogP contribution in [0.15, 0.2) is 18.2 Å². The van der Waals surface area contributed by atoms with Crippen molar-refractivity contribution in [1.82, 2.24) is 9.80 Å². The van der Waals surface area contributed by atoms with E-state index in [1.165, 1.54) is 7.11 Å². The maximum absolute atomic E-state index is 11.7. The number of hydrogen-bond donors (Lipinski definition) is 0. The normalized spacial score (nSPS) is 14.8. The molecule has 5 heteroatoms. The van der Waals surface area contributed by atoms with E-state index >= 15 is 0 Å². The Morgan fingerprint density at radius 2 is 2.22 bits per heavy atom. The number of ether oxygens (including phenoxy) is 1. The number of hydrogen-bond acceptors (Lipinski definition) is 3. The molecule has 1 aliphatic heterocycles. The van der Waals surface area contributed by atoms with Crippen LogP contribution < -0.4 is 4.74 Å². The van der Waals surface area contributed by atoms with E-state index in [1.54, 1.807) is 29.0 Å². The Labute approximate surface area is 106 Å². The van der Waals surface area contributed by atoms with Crippen LogP contribution in [0.1, 0.15) is 11.1 Å². The fourth-order valence-electron chi connectivity index (χ4n) is 2.01. The van der Waals surface area contributed by atoms with Crippen molar-refractivity contribution in [3.63, 3.8) is 0 Å². The van der Waals surface area contributed by atoms with Crippen LogP contribution in [0, 0.1) is 11.3 Å². The molecule has 0 aromatic heterocycles. The predicted octanol–water partition coefficient (Wildman–Crippen LogP) is 1.43. The van der Waals surface area contributed by atoms with Gasteiger partial charge in [0.25, 0.3) is 0 Å². The summed E-state index contributed by atoms with van der Waals surface area (Å²) < 4.78 is 5.09. The van der Waals surface area contributed by atoms with Crippen LogP contribution in [-0.2, 0) is 6.54 Å². The second-order valence-electron chi connectivity index (χ2n) is 4.27. The second-order valence-corrected chi connectivity index (χ2v) is 4.27. The monoisotopic (exact) mass is 245 g/mol. The van der Waals surface area contributed by atoms with Crippen molar-refractivity contribution in [2.75, 3.05) is 27.2 Å². The van der Waals surface area contributed by atoms with Crippen LogP contribution in [0.5, 0.6) is 5.75 Å². The molecule has 0 spiro atoms. The number of methoxy groups -OCH3 is 1. The van der Waals surface area contributed by atoms with Gasteiger partial charge in [-0.15, -0.1) is 0 Å². The maximum atomic E-state index is 11.7. The largest absolute Gasteiger partial charge is 0.495 e. The predicted molar refractivity (Wildman–Crippen MR) is 66.1 cm³/mol. The molecule has 1 aliphatic rings. The van der Waals surface area contributed by atoms with Crippen molar-refractivity contribution in [2.24, 2.45) is 0 Å². The Hall–Kier alpha value is -2.22. The molecule has 0 saturated carbocycles. The molecule has 1 aromatic rings. The van der Waals surface area contributed by atoms with E-state index in [-0.39, 0.29) is 6.03 Å². The number of benzene rings is 1.